The van der Waals surface area contributed by atoms with Crippen molar-refractivity contribution in [1.29, 1.82) is 0 Å². The van der Waals surface area contributed by atoms with Crippen LogP contribution in [0.15, 0.2) is 23.6 Å². The minimum Gasteiger partial charge on any atom is -0.338 e. The quantitative estimate of drug-likeness (QED) is 0.592. The zero-order chi connectivity index (χ0) is 15.5. The monoisotopic (exact) mass is 329 g/mol. The standard InChI is InChI=1S/C13H19N3O3S2/c1-3-16(11-5-8-21(18,19)9-11)12(17)10(2)20-13-14-6-4-7-15-13/h4,6-7,10-11H,3,5,8-9H2,1-2H3/t10-,11+/m0/s1. The van der Waals surface area contributed by atoms with Crippen LogP contribution >= 0.6 is 11.8 Å². The molecule has 21 heavy (non-hydrogen) atoms. The van der Waals surface area contributed by atoms with E-state index >= 15 is 0 Å². The molecule has 1 fully saturated rings. The van der Waals surface area contributed by atoms with Crippen LogP contribution in [0.25, 0.3) is 0 Å². The highest BCUT2D eigenvalue weighted by Gasteiger charge is 2.35. The van der Waals surface area contributed by atoms with Gasteiger partial charge >= 0.3 is 0 Å². The maximum absolute atomic E-state index is 12.5. The minimum absolute atomic E-state index is 0.0583. The second-order valence-electron chi connectivity index (χ2n) is 4.97. The molecule has 0 aromatic carbocycles. The van der Waals surface area contributed by atoms with Crippen LogP contribution < -0.4 is 0 Å². The lowest BCUT2D eigenvalue weighted by Gasteiger charge is -2.29. The van der Waals surface area contributed by atoms with Gasteiger partial charge in [0, 0.05) is 25.0 Å². The topological polar surface area (TPSA) is 80.2 Å². The molecule has 1 aromatic rings. The summed E-state index contributed by atoms with van der Waals surface area (Å²) in [5.74, 6) is 0.188. The molecule has 6 nitrogen and oxygen atoms in total. The lowest BCUT2D eigenvalue weighted by atomic mass is 10.2. The second-order valence-corrected chi connectivity index (χ2v) is 8.51. The van der Waals surface area contributed by atoms with Gasteiger partial charge < -0.3 is 4.90 Å². The molecular formula is C13H19N3O3S2. The predicted molar refractivity (Wildman–Crippen MR) is 81.8 cm³/mol. The Hall–Kier alpha value is -1.15. The average Bonchev–Trinajstić information content (AvgIpc) is 2.80. The van der Waals surface area contributed by atoms with Gasteiger partial charge in [0.2, 0.25) is 5.91 Å². The van der Waals surface area contributed by atoms with E-state index in [1.54, 1.807) is 30.3 Å². The molecule has 2 heterocycles. The summed E-state index contributed by atoms with van der Waals surface area (Å²) in [5, 5.41) is 0.212. The molecule has 1 saturated heterocycles. The minimum atomic E-state index is -2.99. The number of carbonyl (C=O) groups excluding carboxylic acids is 1. The van der Waals surface area contributed by atoms with Gasteiger partial charge in [-0.15, -0.1) is 0 Å². The largest absolute Gasteiger partial charge is 0.338 e. The van der Waals surface area contributed by atoms with Crippen molar-refractivity contribution in [1.82, 2.24) is 14.9 Å². The highest BCUT2D eigenvalue weighted by molar-refractivity contribution is 8.00. The molecule has 2 rings (SSSR count). The van der Waals surface area contributed by atoms with Crippen molar-refractivity contribution >= 4 is 27.5 Å². The summed E-state index contributed by atoms with van der Waals surface area (Å²) in [7, 11) is -2.99. The van der Waals surface area contributed by atoms with Gasteiger partial charge in [0.05, 0.1) is 16.8 Å². The van der Waals surface area contributed by atoms with E-state index in [0.717, 1.165) is 0 Å². The summed E-state index contributed by atoms with van der Waals surface area (Å²) < 4.78 is 23.2. The van der Waals surface area contributed by atoms with Gasteiger partial charge in [0.1, 0.15) is 0 Å². The fourth-order valence-corrected chi connectivity index (χ4v) is 4.93. The Labute approximate surface area is 129 Å². The zero-order valence-corrected chi connectivity index (χ0v) is 13.7. The highest BCUT2D eigenvalue weighted by Crippen LogP contribution is 2.24. The number of rotatable bonds is 5. The Kier molecular flexibility index (Phi) is 5.21. The van der Waals surface area contributed by atoms with Crippen LogP contribution in [0.4, 0.5) is 0 Å². The van der Waals surface area contributed by atoms with E-state index in [1.807, 2.05) is 6.92 Å². The molecular weight excluding hydrogens is 310 g/mol. The van der Waals surface area contributed by atoms with E-state index in [9.17, 15) is 13.2 Å². The molecule has 1 aliphatic heterocycles. The van der Waals surface area contributed by atoms with Crippen LogP contribution in [-0.2, 0) is 14.6 Å². The van der Waals surface area contributed by atoms with E-state index in [1.165, 1.54) is 11.8 Å². The number of thioether (sulfide) groups is 1. The summed E-state index contributed by atoms with van der Waals surface area (Å²) in [5.41, 5.74) is 0. The molecule has 8 heteroatoms. The zero-order valence-electron chi connectivity index (χ0n) is 12.1. The summed E-state index contributed by atoms with van der Waals surface area (Å²) in [6, 6.07) is 1.52. The molecule has 1 aliphatic rings. The van der Waals surface area contributed by atoms with E-state index in [0.29, 0.717) is 18.1 Å². The van der Waals surface area contributed by atoms with Crippen LogP contribution in [0, 0.1) is 0 Å². The first-order valence-electron chi connectivity index (χ1n) is 6.87. The molecule has 0 aliphatic carbocycles. The number of carbonyl (C=O) groups is 1. The second kappa shape index (κ2) is 6.74. The molecule has 0 N–H and O–H groups in total. The smallest absolute Gasteiger partial charge is 0.236 e. The number of hydrogen-bond acceptors (Lipinski definition) is 6. The highest BCUT2D eigenvalue weighted by atomic mass is 32.2. The van der Waals surface area contributed by atoms with E-state index in [4.69, 9.17) is 0 Å². The van der Waals surface area contributed by atoms with Crippen LogP contribution in [0.1, 0.15) is 20.3 Å². The third-order valence-electron chi connectivity index (χ3n) is 3.44. The van der Waals surface area contributed by atoms with Gasteiger partial charge in [-0.3, -0.25) is 4.79 Å². The number of amides is 1. The average molecular weight is 329 g/mol. The van der Waals surface area contributed by atoms with Crippen LogP contribution in [0.3, 0.4) is 0 Å². The first-order chi connectivity index (χ1) is 9.93. The first-order valence-corrected chi connectivity index (χ1v) is 9.57. The Bertz CT molecular complexity index is 592. The number of hydrogen-bond donors (Lipinski definition) is 0. The summed E-state index contributed by atoms with van der Waals surface area (Å²) in [6.45, 7) is 4.19. The van der Waals surface area contributed by atoms with Gasteiger partial charge in [-0.2, -0.15) is 0 Å². The SMILES string of the molecule is CCN(C(=O)[C@H](C)Sc1ncccn1)[C@@H]1CCS(=O)(=O)C1. The lowest BCUT2D eigenvalue weighted by molar-refractivity contribution is -0.131. The van der Waals surface area contributed by atoms with Crippen LogP contribution in [0.5, 0.6) is 0 Å². The fraction of sp³-hybridized carbons (Fsp3) is 0.615. The van der Waals surface area contributed by atoms with Crippen molar-refractivity contribution in [2.24, 2.45) is 0 Å². The molecule has 0 saturated carbocycles. The maximum atomic E-state index is 12.5. The Morgan fingerprint density at radius 3 is 2.67 bits per heavy atom. The summed E-state index contributed by atoms with van der Waals surface area (Å²) >= 11 is 1.29. The van der Waals surface area contributed by atoms with Crippen molar-refractivity contribution in [3.05, 3.63) is 18.5 Å². The Morgan fingerprint density at radius 2 is 2.14 bits per heavy atom. The molecule has 0 radical (unpaired) electrons. The Balaban J connectivity index is 2.03. The molecule has 0 bridgehead atoms. The van der Waals surface area contributed by atoms with Gasteiger partial charge in [0.15, 0.2) is 15.0 Å². The van der Waals surface area contributed by atoms with Crippen molar-refractivity contribution in [3.8, 4) is 0 Å². The number of nitrogens with zero attached hydrogens (tertiary/aromatic N) is 3. The summed E-state index contributed by atoms with van der Waals surface area (Å²) in [4.78, 5) is 22.4. The van der Waals surface area contributed by atoms with E-state index < -0.39 is 9.84 Å². The van der Waals surface area contributed by atoms with Gasteiger partial charge in [-0.05, 0) is 26.3 Å². The molecule has 2 atom stereocenters. The molecule has 1 aromatic heterocycles. The number of sulfone groups is 1. The molecule has 1 amide bonds. The van der Waals surface area contributed by atoms with Crippen LogP contribution in [-0.4, -0.2) is 58.5 Å². The third kappa shape index (κ3) is 4.16. The predicted octanol–water partition coefficient (Wildman–Crippen LogP) is 0.993. The van der Waals surface area contributed by atoms with Gasteiger partial charge in [-0.25, -0.2) is 18.4 Å². The van der Waals surface area contributed by atoms with Gasteiger partial charge in [0.25, 0.3) is 0 Å². The number of aromatic nitrogens is 2. The molecule has 0 unspecified atom stereocenters. The van der Waals surface area contributed by atoms with E-state index in [2.05, 4.69) is 9.97 Å². The third-order valence-corrected chi connectivity index (χ3v) is 6.17. The molecule has 0 spiro atoms. The molecule has 116 valence electrons. The van der Waals surface area contributed by atoms with Crippen molar-refractivity contribution in [2.45, 2.75) is 36.7 Å². The normalized spacial score (nSPS) is 21.9. The van der Waals surface area contributed by atoms with Crippen molar-refractivity contribution in [3.63, 3.8) is 0 Å². The fourth-order valence-electron chi connectivity index (χ4n) is 2.40. The van der Waals surface area contributed by atoms with Crippen molar-refractivity contribution < 1.29 is 13.2 Å². The van der Waals surface area contributed by atoms with E-state index in [-0.39, 0.29) is 28.7 Å². The Morgan fingerprint density at radius 1 is 1.48 bits per heavy atom. The first kappa shape index (κ1) is 16.2. The van der Waals surface area contributed by atoms with Gasteiger partial charge in [-0.1, -0.05) is 11.8 Å². The van der Waals surface area contributed by atoms with Crippen molar-refractivity contribution in [2.75, 3.05) is 18.1 Å². The summed E-state index contributed by atoms with van der Waals surface area (Å²) in [6.07, 6.45) is 3.79. The lowest BCUT2D eigenvalue weighted by Crippen LogP contribution is -2.44. The van der Waals surface area contributed by atoms with Crippen LogP contribution in [0.2, 0.25) is 0 Å². The maximum Gasteiger partial charge on any atom is 0.236 e.